The van der Waals surface area contributed by atoms with E-state index in [9.17, 15) is 0 Å². The van der Waals surface area contributed by atoms with Gasteiger partial charge < -0.3 is 0 Å². The molecule has 0 atom stereocenters. The van der Waals surface area contributed by atoms with Crippen molar-refractivity contribution in [3.63, 3.8) is 0 Å². The van der Waals surface area contributed by atoms with Crippen molar-refractivity contribution in [2.45, 2.75) is 0 Å². The fraction of sp³-hybridized carbons (Fsp3) is 0. The van der Waals surface area contributed by atoms with Crippen LogP contribution >= 0.6 is 11.3 Å². The molecule has 0 saturated heterocycles. The highest BCUT2D eigenvalue weighted by Crippen LogP contribution is 2.46. The zero-order valence-electron chi connectivity index (χ0n) is 25.6. The van der Waals surface area contributed by atoms with Crippen LogP contribution in [0.25, 0.3) is 96.6 Å². The molecule has 0 aliphatic heterocycles. The largest absolute Gasteiger partial charge is 0.135 e. The lowest BCUT2D eigenvalue weighted by Crippen LogP contribution is -1.91. The molecule has 0 nitrogen and oxygen atoms in total. The van der Waals surface area contributed by atoms with E-state index in [-0.39, 0.29) is 0 Å². The van der Waals surface area contributed by atoms with Gasteiger partial charge in [0.25, 0.3) is 0 Å². The molecule has 0 radical (unpaired) electrons. The zero-order chi connectivity index (χ0) is 30.9. The first-order chi connectivity index (χ1) is 23.3. The number of benzene rings is 9. The van der Waals surface area contributed by atoms with E-state index in [0.29, 0.717) is 0 Å². The third kappa shape index (κ3) is 4.14. The van der Waals surface area contributed by atoms with Crippen molar-refractivity contribution < 1.29 is 0 Å². The molecule has 10 aromatic rings. The molecule has 1 heterocycles. The quantitative estimate of drug-likeness (QED) is 0.174. The van der Waals surface area contributed by atoms with Gasteiger partial charge >= 0.3 is 0 Å². The van der Waals surface area contributed by atoms with E-state index in [0.717, 1.165) is 0 Å². The van der Waals surface area contributed by atoms with E-state index in [1.807, 2.05) is 11.3 Å². The highest BCUT2D eigenvalue weighted by atomic mass is 32.1. The van der Waals surface area contributed by atoms with Gasteiger partial charge in [-0.25, -0.2) is 0 Å². The molecule has 0 N–H and O–H groups in total. The van der Waals surface area contributed by atoms with Crippen LogP contribution in [0.1, 0.15) is 0 Å². The maximum Gasteiger partial charge on any atom is 0.0361 e. The molecular weight excluding hydrogens is 585 g/mol. The second-order valence-electron chi connectivity index (χ2n) is 12.5. The van der Waals surface area contributed by atoms with Crippen LogP contribution in [0.4, 0.5) is 0 Å². The SMILES string of the molecule is c1ccc(-c2ccc3cc(-c4c5ccccc5c(-c5ccc6sc7ccc8ccccc8c7c6c5)c5ccccc45)ccc3c2)cc1. The van der Waals surface area contributed by atoms with Gasteiger partial charge in [0, 0.05) is 20.2 Å². The van der Waals surface area contributed by atoms with Crippen molar-refractivity contribution in [1.82, 2.24) is 0 Å². The summed E-state index contributed by atoms with van der Waals surface area (Å²) in [6.07, 6.45) is 0. The Morgan fingerprint density at radius 1 is 0.277 bits per heavy atom. The molecule has 0 aliphatic carbocycles. The Balaban J connectivity index is 1.22. The van der Waals surface area contributed by atoms with E-state index in [1.54, 1.807) is 0 Å². The number of fused-ring (bicyclic) bond motifs is 8. The maximum atomic E-state index is 2.44. The van der Waals surface area contributed by atoms with Gasteiger partial charge in [-0.15, -0.1) is 11.3 Å². The van der Waals surface area contributed by atoms with E-state index in [4.69, 9.17) is 0 Å². The average molecular weight is 613 g/mol. The molecule has 0 amide bonds. The smallest absolute Gasteiger partial charge is 0.0361 e. The molecule has 1 heteroatoms. The van der Waals surface area contributed by atoms with Crippen LogP contribution < -0.4 is 0 Å². The number of hydrogen-bond acceptors (Lipinski definition) is 1. The lowest BCUT2D eigenvalue weighted by molar-refractivity contribution is 1.64. The number of thiophene rings is 1. The molecule has 218 valence electrons. The average Bonchev–Trinajstić information content (AvgIpc) is 3.52. The summed E-state index contributed by atoms with van der Waals surface area (Å²) in [5.74, 6) is 0. The van der Waals surface area contributed by atoms with Crippen molar-refractivity contribution in [3.05, 3.63) is 170 Å². The van der Waals surface area contributed by atoms with Crippen LogP contribution in [0.3, 0.4) is 0 Å². The van der Waals surface area contributed by atoms with Gasteiger partial charge in [0.2, 0.25) is 0 Å². The molecule has 0 bridgehead atoms. The molecule has 0 fully saturated rings. The Bertz CT molecular complexity index is 2780. The summed E-state index contributed by atoms with van der Waals surface area (Å²) < 4.78 is 2.67. The predicted octanol–water partition coefficient (Wildman–Crippen LogP) is 13.7. The number of rotatable bonds is 3. The molecule has 0 unspecified atom stereocenters. The first kappa shape index (κ1) is 26.5. The van der Waals surface area contributed by atoms with Gasteiger partial charge in [-0.3, -0.25) is 0 Å². The summed E-state index contributed by atoms with van der Waals surface area (Å²) in [5, 5.41) is 12.9. The van der Waals surface area contributed by atoms with E-state index < -0.39 is 0 Å². The van der Waals surface area contributed by atoms with Gasteiger partial charge in [0.05, 0.1) is 0 Å². The molecule has 47 heavy (non-hydrogen) atoms. The lowest BCUT2D eigenvalue weighted by Gasteiger charge is -2.18. The fourth-order valence-electron chi connectivity index (χ4n) is 7.66. The molecule has 10 rings (SSSR count). The van der Waals surface area contributed by atoms with Crippen LogP contribution in [0.15, 0.2) is 170 Å². The highest BCUT2D eigenvalue weighted by Gasteiger charge is 2.18. The molecular formula is C46H28S. The van der Waals surface area contributed by atoms with Gasteiger partial charge in [-0.2, -0.15) is 0 Å². The Morgan fingerprint density at radius 3 is 1.45 bits per heavy atom. The van der Waals surface area contributed by atoms with Crippen molar-refractivity contribution in [1.29, 1.82) is 0 Å². The summed E-state index contributed by atoms with van der Waals surface area (Å²) >= 11 is 1.89. The Kier molecular flexibility index (Phi) is 5.85. The molecule has 0 saturated carbocycles. The van der Waals surface area contributed by atoms with Crippen molar-refractivity contribution in [2.75, 3.05) is 0 Å². The highest BCUT2D eigenvalue weighted by molar-refractivity contribution is 7.26. The monoisotopic (exact) mass is 612 g/mol. The van der Waals surface area contributed by atoms with E-state index in [2.05, 4.69) is 170 Å². The lowest BCUT2D eigenvalue weighted by atomic mass is 9.85. The summed E-state index contributed by atoms with van der Waals surface area (Å²) in [6.45, 7) is 0. The minimum absolute atomic E-state index is 1.24. The summed E-state index contributed by atoms with van der Waals surface area (Å²) in [7, 11) is 0. The minimum Gasteiger partial charge on any atom is -0.135 e. The zero-order valence-corrected chi connectivity index (χ0v) is 26.4. The van der Waals surface area contributed by atoms with Gasteiger partial charge in [-0.05, 0) is 107 Å². The van der Waals surface area contributed by atoms with Crippen LogP contribution in [0, 0.1) is 0 Å². The molecule has 0 spiro atoms. The van der Waals surface area contributed by atoms with Crippen molar-refractivity contribution in [2.24, 2.45) is 0 Å². The first-order valence-corrected chi connectivity index (χ1v) is 17.0. The Morgan fingerprint density at radius 2 is 0.766 bits per heavy atom. The van der Waals surface area contributed by atoms with Crippen LogP contribution in [0.2, 0.25) is 0 Å². The van der Waals surface area contributed by atoms with E-state index >= 15 is 0 Å². The third-order valence-electron chi connectivity index (χ3n) is 9.82. The molecule has 0 aliphatic rings. The molecule has 1 aromatic heterocycles. The standard InChI is InChI=1S/C46H28S/c1-2-10-29(11-3-1)31-18-19-33-27-34(21-20-32(33)26-31)44-37-14-6-8-16-39(37)45(40-17-9-7-15-38(40)44)35-23-24-42-41(28-35)46-36-13-5-4-12-30(36)22-25-43(46)47-42/h1-28H. The second-order valence-corrected chi connectivity index (χ2v) is 13.5. The van der Waals surface area contributed by atoms with Crippen molar-refractivity contribution >= 4 is 74.6 Å². The van der Waals surface area contributed by atoms with Gasteiger partial charge in [0.1, 0.15) is 0 Å². The minimum atomic E-state index is 1.24. The topological polar surface area (TPSA) is 0 Å². The Hall–Kier alpha value is -5.76. The second kappa shape index (κ2) is 10.4. The van der Waals surface area contributed by atoms with Gasteiger partial charge in [0.15, 0.2) is 0 Å². The normalized spacial score (nSPS) is 11.8. The predicted molar refractivity (Wildman–Crippen MR) is 206 cm³/mol. The van der Waals surface area contributed by atoms with Crippen LogP contribution in [-0.2, 0) is 0 Å². The number of hydrogen-bond donors (Lipinski definition) is 0. The third-order valence-corrected chi connectivity index (χ3v) is 11.0. The van der Waals surface area contributed by atoms with Crippen molar-refractivity contribution in [3.8, 4) is 33.4 Å². The molecule has 9 aromatic carbocycles. The van der Waals surface area contributed by atoms with Crippen LogP contribution in [-0.4, -0.2) is 0 Å². The maximum absolute atomic E-state index is 2.44. The Labute approximate surface area is 276 Å². The summed E-state index contributed by atoms with van der Waals surface area (Å²) in [6, 6.07) is 62.7. The first-order valence-electron chi connectivity index (χ1n) is 16.2. The van der Waals surface area contributed by atoms with E-state index in [1.165, 1.54) is 96.6 Å². The van der Waals surface area contributed by atoms with Crippen LogP contribution in [0.5, 0.6) is 0 Å². The van der Waals surface area contributed by atoms with Gasteiger partial charge in [-0.1, -0.05) is 140 Å². The fourth-order valence-corrected chi connectivity index (χ4v) is 8.77. The summed E-state index contributed by atoms with van der Waals surface area (Å²) in [5.41, 5.74) is 7.59. The summed E-state index contributed by atoms with van der Waals surface area (Å²) in [4.78, 5) is 0.